The molecule has 1 aliphatic rings. The first kappa shape index (κ1) is 16.8. The number of anilines is 1. The number of aliphatic hydroxyl groups is 3. The number of nitrogens with one attached hydrogen (secondary N) is 2. The van der Waals surface area contributed by atoms with Crippen molar-refractivity contribution in [2.24, 2.45) is 5.92 Å². The number of aromatic nitrogens is 4. The lowest BCUT2D eigenvalue weighted by molar-refractivity contribution is -0.0509. The van der Waals surface area contributed by atoms with Crippen LogP contribution in [0.4, 0.5) is 5.95 Å². The zero-order valence-electron chi connectivity index (χ0n) is 13.4. The summed E-state index contributed by atoms with van der Waals surface area (Å²) in [6.45, 7) is 4.25. The Hall–Kier alpha value is -2.01. The Morgan fingerprint density at radius 1 is 1.42 bits per heavy atom. The molecule has 1 fully saturated rings. The lowest BCUT2D eigenvalue weighted by Crippen LogP contribution is -2.33. The summed E-state index contributed by atoms with van der Waals surface area (Å²) in [4.78, 5) is 23.3. The maximum absolute atomic E-state index is 12.4. The molecular formula is C14H21N5O5. The van der Waals surface area contributed by atoms with E-state index in [1.54, 1.807) is 0 Å². The van der Waals surface area contributed by atoms with Gasteiger partial charge in [-0.25, -0.2) is 4.98 Å². The van der Waals surface area contributed by atoms with E-state index in [0.717, 1.165) is 0 Å². The van der Waals surface area contributed by atoms with E-state index in [9.17, 15) is 15.0 Å². The fourth-order valence-electron chi connectivity index (χ4n) is 2.64. The maximum Gasteiger partial charge on any atom is 0.278 e. The second kappa shape index (κ2) is 6.48. The lowest BCUT2D eigenvalue weighted by Gasteiger charge is -2.16. The summed E-state index contributed by atoms with van der Waals surface area (Å²) in [5, 5.41) is 32.1. The molecule has 132 valence electrons. The molecule has 10 heteroatoms. The third-order valence-electron chi connectivity index (χ3n) is 3.91. The molecule has 2 aromatic rings. The number of aromatic amines is 1. The first-order chi connectivity index (χ1) is 11.4. The Bertz CT molecular complexity index is 772. The van der Waals surface area contributed by atoms with Gasteiger partial charge < -0.3 is 25.4 Å². The third-order valence-corrected chi connectivity index (χ3v) is 3.91. The molecule has 4 atom stereocenters. The first-order valence-electron chi connectivity index (χ1n) is 7.75. The maximum atomic E-state index is 12.4. The molecule has 3 rings (SSSR count). The van der Waals surface area contributed by atoms with E-state index < -0.39 is 36.7 Å². The molecule has 3 heterocycles. The van der Waals surface area contributed by atoms with Crippen molar-refractivity contribution in [3.63, 3.8) is 0 Å². The molecule has 0 spiro atoms. The van der Waals surface area contributed by atoms with E-state index in [4.69, 9.17) is 9.84 Å². The van der Waals surface area contributed by atoms with Gasteiger partial charge in [-0.05, 0) is 5.92 Å². The van der Waals surface area contributed by atoms with Crippen LogP contribution in [0.15, 0.2) is 11.1 Å². The van der Waals surface area contributed by atoms with Crippen LogP contribution < -0.4 is 10.9 Å². The standard InChI is InChI=1S/C14H21N5O5/c1-6(2)3-15-14-17-11-8(12(23)18-14)19(5-16-11)13-10(22)9(21)7(4-20)24-13/h5-7,9-10,13,20-22H,3-4H2,1-2H3,(H2,15,17,18,23)/t7-,9-,10-,13-/m1/s1. The highest BCUT2D eigenvalue weighted by Crippen LogP contribution is 2.30. The van der Waals surface area contributed by atoms with Crippen molar-refractivity contribution in [2.75, 3.05) is 18.5 Å². The van der Waals surface area contributed by atoms with Crippen LogP contribution in [0.3, 0.4) is 0 Å². The molecule has 0 unspecified atom stereocenters. The van der Waals surface area contributed by atoms with Gasteiger partial charge >= 0.3 is 0 Å². The minimum absolute atomic E-state index is 0.125. The summed E-state index contributed by atoms with van der Waals surface area (Å²) in [6.07, 6.45) is -3.19. The Kier molecular flexibility index (Phi) is 4.54. The molecule has 10 nitrogen and oxygen atoms in total. The van der Waals surface area contributed by atoms with E-state index in [0.29, 0.717) is 18.4 Å². The summed E-state index contributed by atoms with van der Waals surface area (Å²) < 4.78 is 6.74. The van der Waals surface area contributed by atoms with E-state index in [2.05, 4.69) is 20.3 Å². The number of aliphatic hydroxyl groups excluding tert-OH is 3. The Morgan fingerprint density at radius 3 is 2.79 bits per heavy atom. The van der Waals surface area contributed by atoms with Gasteiger partial charge in [0, 0.05) is 6.54 Å². The summed E-state index contributed by atoms with van der Waals surface area (Å²) >= 11 is 0. The quantitative estimate of drug-likeness (QED) is 0.456. The van der Waals surface area contributed by atoms with Gasteiger partial charge in [0.1, 0.15) is 24.6 Å². The fraction of sp³-hybridized carbons (Fsp3) is 0.643. The summed E-state index contributed by atoms with van der Waals surface area (Å²) in [6, 6.07) is 0. The minimum Gasteiger partial charge on any atom is -0.394 e. The molecular weight excluding hydrogens is 318 g/mol. The Labute approximate surface area is 137 Å². The molecule has 0 radical (unpaired) electrons. The van der Waals surface area contributed by atoms with Gasteiger partial charge in [-0.3, -0.25) is 14.3 Å². The Morgan fingerprint density at radius 2 is 2.17 bits per heavy atom. The van der Waals surface area contributed by atoms with Crippen LogP contribution in [0, 0.1) is 5.92 Å². The summed E-state index contributed by atoms with van der Waals surface area (Å²) in [5.41, 5.74) is -0.121. The third kappa shape index (κ3) is 2.88. The van der Waals surface area contributed by atoms with E-state index in [-0.39, 0.29) is 11.2 Å². The van der Waals surface area contributed by atoms with Crippen molar-refractivity contribution >= 4 is 17.1 Å². The van der Waals surface area contributed by atoms with Gasteiger partial charge in [0.05, 0.1) is 6.61 Å². The Balaban J connectivity index is 1.95. The van der Waals surface area contributed by atoms with Gasteiger partial charge in [-0.1, -0.05) is 13.8 Å². The first-order valence-corrected chi connectivity index (χ1v) is 7.75. The molecule has 0 amide bonds. The zero-order chi connectivity index (χ0) is 17.4. The number of nitrogens with zero attached hydrogens (tertiary/aromatic N) is 3. The second-order valence-electron chi connectivity index (χ2n) is 6.24. The van der Waals surface area contributed by atoms with Gasteiger partial charge in [0.15, 0.2) is 17.4 Å². The number of fused-ring (bicyclic) bond motifs is 1. The predicted molar refractivity (Wildman–Crippen MR) is 84.5 cm³/mol. The second-order valence-corrected chi connectivity index (χ2v) is 6.24. The van der Waals surface area contributed by atoms with Gasteiger partial charge in [0.2, 0.25) is 5.95 Å². The van der Waals surface area contributed by atoms with Crippen LogP contribution in [-0.4, -0.2) is 66.3 Å². The number of hydrogen-bond donors (Lipinski definition) is 5. The monoisotopic (exact) mass is 339 g/mol. The lowest BCUT2D eigenvalue weighted by atomic mass is 10.1. The topological polar surface area (TPSA) is 146 Å². The molecule has 1 aliphatic heterocycles. The van der Waals surface area contributed by atoms with Crippen molar-refractivity contribution in [1.29, 1.82) is 0 Å². The van der Waals surface area contributed by atoms with Crippen LogP contribution in [0.5, 0.6) is 0 Å². The van der Waals surface area contributed by atoms with Gasteiger partial charge in [-0.2, -0.15) is 4.98 Å². The average molecular weight is 339 g/mol. The van der Waals surface area contributed by atoms with Crippen molar-refractivity contribution in [3.8, 4) is 0 Å². The summed E-state index contributed by atoms with van der Waals surface area (Å²) in [5.74, 6) is 0.690. The van der Waals surface area contributed by atoms with Crippen LogP contribution in [0.2, 0.25) is 0 Å². The molecule has 24 heavy (non-hydrogen) atoms. The molecule has 0 aliphatic carbocycles. The zero-order valence-corrected chi connectivity index (χ0v) is 13.4. The predicted octanol–water partition coefficient (Wildman–Crippen LogP) is -1.20. The van der Waals surface area contributed by atoms with Crippen LogP contribution in [-0.2, 0) is 4.74 Å². The van der Waals surface area contributed by atoms with Crippen molar-refractivity contribution in [3.05, 3.63) is 16.7 Å². The molecule has 1 saturated heterocycles. The van der Waals surface area contributed by atoms with Crippen molar-refractivity contribution in [1.82, 2.24) is 19.5 Å². The number of hydrogen-bond acceptors (Lipinski definition) is 8. The highest BCUT2D eigenvalue weighted by atomic mass is 16.6. The fourth-order valence-corrected chi connectivity index (χ4v) is 2.64. The highest BCUT2D eigenvalue weighted by molar-refractivity contribution is 5.71. The van der Waals surface area contributed by atoms with E-state index in [1.807, 2.05) is 13.8 Å². The largest absolute Gasteiger partial charge is 0.394 e. The smallest absolute Gasteiger partial charge is 0.278 e. The average Bonchev–Trinajstić information content (AvgIpc) is 3.08. The molecule has 0 aromatic carbocycles. The van der Waals surface area contributed by atoms with Gasteiger partial charge in [-0.15, -0.1) is 0 Å². The van der Waals surface area contributed by atoms with Crippen molar-refractivity contribution in [2.45, 2.75) is 38.4 Å². The van der Waals surface area contributed by atoms with E-state index >= 15 is 0 Å². The molecule has 2 aromatic heterocycles. The van der Waals surface area contributed by atoms with Crippen LogP contribution in [0.1, 0.15) is 20.1 Å². The number of H-pyrrole nitrogens is 1. The summed E-state index contributed by atoms with van der Waals surface area (Å²) in [7, 11) is 0. The molecule has 5 N–H and O–H groups in total. The number of imidazole rings is 1. The molecule has 0 saturated carbocycles. The number of ether oxygens (including phenoxy) is 1. The van der Waals surface area contributed by atoms with E-state index in [1.165, 1.54) is 10.9 Å². The van der Waals surface area contributed by atoms with Crippen LogP contribution in [0.25, 0.3) is 11.2 Å². The van der Waals surface area contributed by atoms with Crippen molar-refractivity contribution < 1.29 is 20.1 Å². The van der Waals surface area contributed by atoms with Crippen LogP contribution >= 0.6 is 0 Å². The molecule has 0 bridgehead atoms. The SMILES string of the molecule is CC(C)CNc1nc2ncn([C@@H]3O[C@H](CO)[C@@H](O)[C@H]3O)c2c(=O)[nH]1. The highest BCUT2D eigenvalue weighted by Gasteiger charge is 2.44. The minimum atomic E-state index is -1.29. The van der Waals surface area contributed by atoms with Gasteiger partial charge in [0.25, 0.3) is 5.56 Å². The normalized spacial score (nSPS) is 27.2. The number of rotatable bonds is 5.